The van der Waals surface area contributed by atoms with Crippen LogP contribution in [-0.2, 0) is 19.1 Å². The van der Waals surface area contributed by atoms with Crippen LogP contribution in [0, 0.1) is 11.8 Å². The van der Waals surface area contributed by atoms with Crippen LogP contribution in [0.2, 0.25) is 0 Å². The molecule has 0 amide bonds. The highest BCUT2D eigenvalue weighted by Gasteiger charge is 2.04. The molecule has 0 aliphatic carbocycles. The summed E-state index contributed by atoms with van der Waals surface area (Å²) in [5.74, 6) is 1.11. The lowest BCUT2D eigenvalue weighted by atomic mass is 10.1. The lowest BCUT2D eigenvalue weighted by molar-refractivity contribution is -0.145. The highest BCUT2D eigenvalue weighted by atomic mass is 16.5. The Hall–Kier alpha value is -1.32. The zero-order valence-electron chi connectivity index (χ0n) is 21.7. The minimum atomic E-state index is -0.0341. The number of esters is 2. The molecule has 0 saturated heterocycles. The van der Waals surface area contributed by atoms with Gasteiger partial charge in [0.1, 0.15) is 0 Å². The van der Waals surface area contributed by atoms with E-state index in [1.54, 1.807) is 0 Å². The smallest absolute Gasteiger partial charge is 0.305 e. The van der Waals surface area contributed by atoms with Crippen molar-refractivity contribution in [3.8, 4) is 0 Å². The Morgan fingerprint density at radius 2 is 0.906 bits per heavy atom. The molecule has 0 bridgehead atoms. The van der Waals surface area contributed by atoms with E-state index in [-0.39, 0.29) is 11.9 Å². The second-order valence-electron chi connectivity index (χ2n) is 9.89. The van der Waals surface area contributed by atoms with Crippen LogP contribution in [0.3, 0.4) is 0 Å². The van der Waals surface area contributed by atoms with Crippen molar-refractivity contribution in [2.24, 2.45) is 11.8 Å². The molecule has 0 aromatic carbocycles. The molecule has 0 aliphatic heterocycles. The number of rotatable bonds is 22. The topological polar surface area (TPSA) is 52.6 Å². The van der Waals surface area contributed by atoms with E-state index < -0.39 is 0 Å². The van der Waals surface area contributed by atoms with Gasteiger partial charge in [0.05, 0.1) is 13.2 Å². The predicted octanol–water partition coefficient (Wildman–Crippen LogP) is 8.18. The minimum absolute atomic E-state index is 0.0341. The third-order valence-corrected chi connectivity index (χ3v) is 5.59. The van der Waals surface area contributed by atoms with Crippen molar-refractivity contribution in [2.45, 2.75) is 130 Å². The molecule has 0 saturated carbocycles. The van der Waals surface area contributed by atoms with Gasteiger partial charge in [-0.05, 0) is 63.2 Å². The van der Waals surface area contributed by atoms with Gasteiger partial charge >= 0.3 is 11.9 Å². The summed E-state index contributed by atoms with van der Waals surface area (Å²) in [5, 5.41) is 0. The van der Waals surface area contributed by atoms with Gasteiger partial charge in [-0.3, -0.25) is 9.59 Å². The van der Waals surface area contributed by atoms with Crippen molar-refractivity contribution in [2.75, 3.05) is 13.2 Å². The summed E-state index contributed by atoms with van der Waals surface area (Å²) in [6.07, 6.45) is 21.5. The summed E-state index contributed by atoms with van der Waals surface area (Å²) in [7, 11) is 0. The van der Waals surface area contributed by atoms with Crippen LogP contribution in [0.25, 0.3) is 0 Å². The maximum absolute atomic E-state index is 11.6. The van der Waals surface area contributed by atoms with Crippen LogP contribution in [0.15, 0.2) is 12.2 Å². The molecule has 0 radical (unpaired) electrons. The molecule has 0 fully saturated rings. The van der Waals surface area contributed by atoms with Crippen LogP contribution in [0.4, 0.5) is 0 Å². The van der Waals surface area contributed by atoms with Gasteiger partial charge < -0.3 is 9.47 Å². The van der Waals surface area contributed by atoms with Gasteiger partial charge in [-0.2, -0.15) is 0 Å². The number of carbonyl (C=O) groups is 2. The van der Waals surface area contributed by atoms with E-state index in [4.69, 9.17) is 9.47 Å². The number of hydrogen-bond acceptors (Lipinski definition) is 4. The summed E-state index contributed by atoms with van der Waals surface area (Å²) >= 11 is 0. The van der Waals surface area contributed by atoms with Crippen LogP contribution in [0.5, 0.6) is 0 Å². The van der Waals surface area contributed by atoms with Crippen molar-refractivity contribution in [3.63, 3.8) is 0 Å². The quantitative estimate of drug-likeness (QED) is 0.0943. The lowest BCUT2D eigenvalue weighted by Crippen LogP contribution is -2.07. The van der Waals surface area contributed by atoms with Gasteiger partial charge in [0, 0.05) is 12.8 Å². The fourth-order valence-corrected chi connectivity index (χ4v) is 3.32. The minimum Gasteiger partial charge on any atom is -0.466 e. The van der Waals surface area contributed by atoms with E-state index in [0.717, 1.165) is 51.4 Å². The molecule has 4 nitrogen and oxygen atoms in total. The van der Waals surface area contributed by atoms with Gasteiger partial charge in [0.25, 0.3) is 0 Å². The number of allylic oxidation sites excluding steroid dienone is 2. The maximum atomic E-state index is 11.6. The standard InChI is InChI=1S/C28H52O4/c1-25(2)21-23-31-27(29)19-17-15-13-11-9-7-5-6-8-10-12-14-16-18-20-28(30)32-24-22-26(3)4/h5-6,25-26H,7-24H2,1-4H3/b6-5+. The van der Waals surface area contributed by atoms with Gasteiger partial charge in [-0.15, -0.1) is 0 Å². The summed E-state index contributed by atoms with van der Waals surface area (Å²) in [4.78, 5) is 23.2. The second-order valence-corrected chi connectivity index (χ2v) is 9.89. The fourth-order valence-electron chi connectivity index (χ4n) is 3.32. The first kappa shape index (κ1) is 30.7. The van der Waals surface area contributed by atoms with E-state index in [9.17, 15) is 9.59 Å². The zero-order valence-corrected chi connectivity index (χ0v) is 21.7. The Labute approximate surface area is 198 Å². The molecule has 0 N–H and O–H groups in total. The summed E-state index contributed by atoms with van der Waals surface area (Å²) < 4.78 is 10.5. The van der Waals surface area contributed by atoms with Crippen molar-refractivity contribution < 1.29 is 19.1 Å². The molecular formula is C28H52O4. The summed E-state index contributed by atoms with van der Waals surface area (Å²) in [5.41, 5.74) is 0. The Bertz CT molecular complexity index is 426. The Morgan fingerprint density at radius 3 is 1.28 bits per heavy atom. The van der Waals surface area contributed by atoms with Crippen LogP contribution >= 0.6 is 0 Å². The highest BCUT2D eigenvalue weighted by molar-refractivity contribution is 5.69. The Kier molecular flexibility index (Phi) is 21.9. The van der Waals surface area contributed by atoms with Gasteiger partial charge in [0.2, 0.25) is 0 Å². The zero-order chi connectivity index (χ0) is 23.9. The Balaban J connectivity index is 3.28. The average molecular weight is 453 g/mol. The molecule has 0 atom stereocenters. The van der Waals surface area contributed by atoms with Crippen LogP contribution in [0.1, 0.15) is 130 Å². The first-order valence-electron chi connectivity index (χ1n) is 13.4. The number of ether oxygens (including phenoxy) is 2. The molecule has 0 unspecified atom stereocenters. The SMILES string of the molecule is CC(C)CCOC(=O)CCCCCCC/C=C/CCCCCCCC(=O)OCCC(C)C. The first-order chi connectivity index (χ1) is 15.4. The molecule has 0 aromatic heterocycles. The normalized spacial score (nSPS) is 11.6. The molecule has 0 rings (SSSR count). The summed E-state index contributed by atoms with van der Waals surface area (Å²) in [6, 6.07) is 0. The van der Waals surface area contributed by atoms with Gasteiger partial charge in [0.15, 0.2) is 0 Å². The van der Waals surface area contributed by atoms with E-state index >= 15 is 0 Å². The number of unbranched alkanes of at least 4 members (excludes halogenated alkanes) is 10. The maximum Gasteiger partial charge on any atom is 0.305 e. The first-order valence-corrected chi connectivity index (χ1v) is 13.4. The van der Waals surface area contributed by atoms with Crippen LogP contribution < -0.4 is 0 Å². The van der Waals surface area contributed by atoms with Gasteiger partial charge in [-0.25, -0.2) is 0 Å². The molecule has 0 heterocycles. The van der Waals surface area contributed by atoms with Crippen molar-refractivity contribution in [1.29, 1.82) is 0 Å². The third kappa shape index (κ3) is 24.9. The van der Waals surface area contributed by atoms with Crippen molar-refractivity contribution >= 4 is 11.9 Å². The van der Waals surface area contributed by atoms with E-state index in [0.29, 0.717) is 37.9 Å². The number of carbonyl (C=O) groups excluding carboxylic acids is 2. The van der Waals surface area contributed by atoms with E-state index in [2.05, 4.69) is 39.8 Å². The highest BCUT2D eigenvalue weighted by Crippen LogP contribution is 2.11. The van der Waals surface area contributed by atoms with E-state index in [1.165, 1.54) is 38.5 Å². The molecule has 188 valence electrons. The molecule has 32 heavy (non-hydrogen) atoms. The summed E-state index contributed by atoms with van der Waals surface area (Å²) in [6.45, 7) is 9.70. The fraction of sp³-hybridized carbons (Fsp3) is 0.857. The molecule has 0 aliphatic rings. The Morgan fingerprint density at radius 1 is 0.562 bits per heavy atom. The third-order valence-electron chi connectivity index (χ3n) is 5.59. The van der Waals surface area contributed by atoms with E-state index in [1.807, 2.05) is 0 Å². The largest absolute Gasteiger partial charge is 0.466 e. The molecule has 0 spiro atoms. The van der Waals surface area contributed by atoms with Crippen LogP contribution in [-0.4, -0.2) is 25.2 Å². The second kappa shape index (κ2) is 22.9. The number of hydrogen-bond donors (Lipinski definition) is 0. The molecule has 0 aromatic rings. The van der Waals surface area contributed by atoms with Crippen molar-refractivity contribution in [1.82, 2.24) is 0 Å². The van der Waals surface area contributed by atoms with Crippen molar-refractivity contribution in [3.05, 3.63) is 12.2 Å². The molecule has 4 heteroatoms. The van der Waals surface area contributed by atoms with Gasteiger partial charge in [-0.1, -0.05) is 78.4 Å². The molecular weight excluding hydrogens is 400 g/mol. The lowest BCUT2D eigenvalue weighted by Gasteiger charge is -2.06. The monoisotopic (exact) mass is 452 g/mol. The average Bonchev–Trinajstić information content (AvgIpc) is 2.72. The predicted molar refractivity (Wildman–Crippen MR) is 135 cm³/mol.